The fourth-order valence-electron chi connectivity index (χ4n) is 3.36. The highest BCUT2D eigenvalue weighted by molar-refractivity contribution is 7.89. The molecule has 1 aromatic heterocycles. The Kier molecular flexibility index (Phi) is 5.35. The van der Waals surface area contributed by atoms with Gasteiger partial charge in [-0.3, -0.25) is 4.79 Å². The van der Waals surface area contributed by atoms with Gasteiger partial charge in [-0.25, -0.2) is 12.8 Å². The zero-order valence-corrected chi connectivity index (χ0v) is 16.3. The van der Waals surface area contributed by atoms with Crippen LogP contribution in [-0.4, -0.2) is 49.9 Å². The van der Waals surface area contributed by atoms with E-state index in [0.717, 1.165) is 28.6 Å². The Morgan fingerprint density at radius 1 is 1.17 bits per heavy atom. The number of nitrogens with zero attached hydrogens (tertiary/aromatic N) is 1. The summed E-state index contributed by atoms with van der Waals surface area (Å²) in [4.78, 5) is 15.1. The summed E-state index contributed by atoms with van der Waals surface area (Å²) >= 11 is 0. The number of amides is 1. The van der Waals surface area contributed by atoms with E-state index in [1.54, 1.807) is 6.20 Å². The van der Waals surface area contributed by atoms with Crippen molar-refractivity contribution in [3.05, 3.63) is 60.0 Å². The number of aromatic nitrogens is 1. The fourth-order valence-corrected chi connectivity index (χ4v) is 4.86. The van der Waals surface area contributed by atoms with Crippen molar-refractivity contribution >= 4 is 32.5 Å². The van der Waals surface area contributed by atoms with Crippen molar-refractivity contribution in [1.82, 2.24) is 9.29 Å². The highest BCUT2D eigenvalue weighted by Gasteiger charge is 2.29. The molecule has 2 N–H and O–H groups in total. The second-order valence-corrected chi connectivity index (χ2v) is 8.65. The molecular weight excluding hydrogens is 397 g/mol. The van der Waals surface area contributed by atoms with Gasteiger partial charge in [0.1, 0.15) is 10.7 Å². The van der Waals surface area contributed by atoms with Crippen LogP contribution in [0.4, 0.5) is 10.1 Å². The average molecular weight is 417 g/mol. The van der Waals surface area contributed by atoms with Crippen molar-refractivity contribution in [2.75, 3.05) is 31.6 Å². The van der Waals surface area contributed by atoms with Gasteiger partial charge in [0.2, 0.25) is 15.9 Å². The van der Waals surface area contributed by atoms with Crippen LogP contribution in [0, 0.1) is 5.82 Å². The van der Waals surface area contributed by atoms with Gasteiger partial charge >= 0.3 is 0 Å². The first-order valence-corrected chi connectivity index (χ1v) is 10.6. The predicted molar refractivity (Wildman–Crippen MR) is 107 cm³/mol. The lowest BCUT2D eigenvalue weighted by Crippen LogP contribution is -2.40. The third-order valence-electron chi connectivity index (χ3n) is 4.83. The van der Waals surface area contributed by atoms with E-state index in [4.69, 9.17) is 4.74 Å². The van der Waals surface area contributed by atoms with Gasteiger partial charge < -0.3 is 15.0 Å². The summed E-state index contributed by atoms with van der Waals surface area (Å²) in [6.45, 7) is 0.863. The summed E-state index contributed by atoms with van der Waals surface area (Å²) in [6, 6.07) is 11.2. The molecule has 9 heteroatoms. The molecule has 2 heterocycles. The van der Waals surface area contributed by atoms with Crippen LogP contribution in [0.25, 0.3) is 10.9 Å². The van der Waals surface area contributed by atoms with Crippen LogP contribution in [0.3, 0.4) is 0 Å². The van der Waals surface area contributed by atoms with E-state index in [1.165, 1.54) is 10.4 Å². The summed E-state index contributed by atoms with van der Waals surface area (Å²) in [5, 5.41) is 3.60. The third kappa shape index (κ3) is 4.02. The van der Waals surface area contributed by atoms with E-state index in [9.17, 15) is 17.6 Å². The molecule has 1 aliphatic heterocycles. The van der Waals surface area contributed by atoms with Crippen molar-refractivity contribution in [3.8, 4) is 0 Å². The molecule has 0 atom stereocenters. The average Bonchev–Trinajstić information content (AvgIpc) is 3.13. The number of hydrogen-bond donors (Lipinski definition) is 2. The summed E-state index contributed by atoms with van der Waals surface area (Å²) < 4.78 is 46.2. The molecule has 1 fully saturated rings. The summed E-state index contributed by atoms with van der Waals surface area (Å²) in [7, 11) is -4.01. The number of H-pyrrole nitrogens is 1. The summed E-state index contributed by atoms with van der Waals surface area (Å²) in [6.07, 6.45) is 1.87. The van der Waals surface area contributed by atoms with Crippen molar-refractivity contribution in [2.24, 2.45) is 0 Å². The fraction of sp³-hybridized carbons (Fsp3) is 0.250. The zero-order valence-electron chi connectivity index (χ0n) is 15.5. The van der Waals surface area contributed by atoms with Gasteiger partial charge in [-0.1, -0.05) is 18.2 Å². The number of sulfonamides is 1. The molecule has 1 amide bonds. The van der Waals surface area contributed by atoms with Crippen molar-refractivity contribution < 1.29 is 22.3 Å². The van der Waals surface area contributed by atoms with Gasteiger partial charge in [-0.05, 0) is 29.8 Å². The van der Waals surface area contributed by atoms with Gasteiger partial charge in [0.25, 0.3) is 0 Å². The van der Waals surface area contributed by atoms with Gasteiger partial charge in [-0.2, -0.15) is 4.31 Å². The Balaban J connectivity index is 1.53. The maximum absolute atomic E-state index is 14.3. The molecule has 1 saturated heterocycles. The molecular formula is C20H20FN3O4S. The number of halogens is 1. The van der Waals surface area contributed by atoms with Gasteiger partial charge in [0.15, 0.2) is 0 Å². The molecule has 2 aromatic carbocycles. The number of hydrogen-bond acceptors (Lipinski definition) is 4. The smallest absolute Gasteiger partial charge is 0.246 e. The molecule has 1 aliphatic rings. The Labute approximate surface area is 167 Å². The highest BCUT2D eigenvalue weighted by Crippen LogP contribution is 2.24. The number of rotatable bonds is 5. The molecule has 29 heavy (non-hydrogen) atoms. The number of morpholine rings is 1. The standard InChI is InChI=1S/C20H20FN3O4S/c21-17-6-5-15(12-19(17)29(26,27)24-7-9-28-10-8-24)23-20(25)11-14-13-22-18-4-2-1-3-16(14)18/h1-6,12-13,22H,7-11H2,(H,23,25). The Morgan fingerprint density at radius 2 is 1.93 bits per heavy atom. The van der Waals surface area contributed by atoms with Crippen LogP contribution in [0.2, 0.25) is 0 Å². The van der Waals surface area contributed by atoms with Crippen LogP contribution in [0.1, 0.15) is 5.56 Å². The van der Waals surface area contributed by atoms with Gasteiger partial charge in [-0.15, -0.1) is 0 Å². The molecule has 4 rings (SSSR count). The quantitative estimate of drug-likeness (QED) is 0.667. The molecule has 152 valence electrons. The number of carbonyl (C=O) groups excluding carboxylic acids is 1. The summed E-state index contributed by atoms with van der Waals surface area (Å²) in [5.41, 5.74) is 1.97. The lowest BCUT2D eigenvalue weighted by molar-refractivity contribution is -0.115. The predicted octanol–water partition coefficient (Wildman–Crippen LogP) is 2.51. The first-order valence-electron chi connectivity index (χ1n) is 9.17. The Hall–Kier alpha value is -2.75. The minimum Gasteiger partial charge on any atom is -0.379 e. The van der Waals surface area contributed by atoms with Gasteiger partial charge in [0, 0.05) is 35.9 Å². The van der Waals surface area contributed by atoms with E-state index in [0.29, 0.717) is 0 Å². The lowest BCUT2D eigenvalue weighted by atomic mass is 10.1. The largest absolute Gasteiger partial charge is 0.379 e. The normalized spacial score (nSPS) is 15.5. The highest BCUT2D eigenvalue weighted by atomic mass is 32.2. The maximum atomic E-state index is 14.3. The van der Waals surface area contributed by atoms with Crippen LogP contribution < -0.4 is 5.32 Å². The van der Waals surface area contributed by atoms with Crippen molar-refractivity contribution in [2.45, 2.75) is 11.3 Å². The number of benzene rings is 2. The first-order chi connectivity index (χ1) is 13.9. The second-order valence-electron chi connectivity index (χ2n) is 6.75. The Bertz CT molecular complexity index is 1150. The third-order valence-corrected chi connectivity index (χ3v) is 6.74. The molecule has 7 nitrogen and oxygen atoms in total. The summed E-state index contributed by atoms with van der Waals surface area (Å²) in [5.74, 6) is -1.18. The minimum absolute atomic E-state index is 0.104. The topological polar surface area (TPSA) is 91.5 Å². The van der Waals surface area contributed by atoms with Crippen LogP contribution in [-0.2, 0) is 26.0 Å². The minimum atomic E-state index is -4.01. The molecule has 3 aromatic rings. The van der Waals surface area contributed by atoms with E-state index < -0.39 is 20.7 Å². The van der Waals surface area contributed by atoms with E-state index in [2.05, 4.69) is 10.3 Å². The number of anilines is 1. The number of fused-ring (bicyclic) bond motifs is 1. The SMILES string of the molecule is O=C(Cc1c[nH]c2ccccc12)Nc1ccc(F)c(S(=O)(=O)N2CCOCC2)c1. The molecule has 0 aliphatic carbocycles. The van der Waals surface area contributed by atoms with Crippen molar-refractivity contribution in [3.63, 3.8) is 0 Å². The van der Waals surface area contributed by atoms with E-state index in [-0.39, 0.29) is 44.3 Å². The second kappa shape index (κ2) is 7.94. The number of carbonyl (C=O) groups is 1. The number of aromatic amines is 1. The number of ether oxygens (including phenoxy) is 1. The molecule has 0 bridgehead atoms. The lowest BCUT2D eigenvalue weighted by Gasteiger charge is -2.26. The zero-order chi connectivity index (χ0) is 20.4. The van der Waals surface area contributed by atoms with Crippen LogP contribution >= 0.6 is 0 Å². The maximum Gasteiger partial charge on any atom is 0.246 e. The number of nitrogens with one attached hydrogen (secondary N) is 2. The first kappa shape index (κ1) is 19.6. The molecule has 0 saturated carbocycles. The monoisotopic (exact) mass is 417 g/mol. The number of para-hydroxylation sites is 1. The van der Waals surface area contributed by atoms with Gasteiger partial charge in [0.05, 0.1) is 19.6 Å². The van der Waals surface area contributed by atoms with Crippen molar-refractivity contribution in [1.29, 1.82) is 0 Å². The molecule has 0 spiro atoms. The van der Waals surface area contributed by atoms with E-state index in [1.807, 2.05) is 24.3 Å². The van der Waals surface area contributed by atoms with Crippen LogP contribution in [0.5, 0.6) is 0 Å². The van der Waals surface area contributed by atoms with Crippen LogP contribution in [0.15, 0.2) is 53.6 Å². The molecule has 0 radical (unpaired) electrons. The Morgan fingerprint density at radius 3 is 2.72 bits per heavy atom. The van der Waals surface area contributed by atoms with E-state index >= 15 is 0 Å². The molecule has 0 unspecified atom stereocenters.